The van der Waals surface area contributed by atoms with Crippen LogP contribution in [0.2, 0.25) is 5.02 Å². The maximum Gasteiger partial charge on any atom is 0.252 e. The highest BCUT2D eigenvalue weighted by atomic mass is 35.5. The molecular weight excluding hydrogens is 262 g/mol. The lowest BCUT2D eigenvalue weighted by Gasteiger charge is -2.16. The molecule has 1 amide bonds. The predicted molar refractivity (Wildman–Crippen MR) is 74.9 cm³/mol. The van der Waals surface area contributed by atoms with Gasteiger partial charge in [-0.2, -0.15) is 0 Å². The van der Waals surface area contributed by atoms with Crippen LogP contribution in [0, 0.1) is 17.8 Å². The standard InChI is InChI=1S/C14H18ClN3O/c15-12-5-10(6-17-13(12)16)14(19)18-7-11(8-1-2-8)9-3-4-9/h5-6,8-9,11H,1-4,7H2,(H2,16,17)(H,18,19). The lowest BCUT2D eigenvalue weighted by molar-refractivity contribution is 0.0943. The monoisotopic (exact) mass is 279 g/mol. The third-order valence-electron chi connectivity index (χ3n) is 4.09. The summed E-state index contributed by atoms with van der Waals surface area (Å²) in [6.07, 6.45) is 6.77. The Morgan fingerprint density at radius 3 is 2.58 bits per heavy atom. The number of halogens is 1. The number of nitrogens with one attached hydrogen (secondary N) is 1. The molecule has 1 aromatic heterocycles. The molecule has 102 valence electrons. The molecule has 1 heterocycles. The molecule has 0 aliphatic heterocycles. The van der Waals surface area contributed by atoms with Crippen LogP contribution in [-0.4, -0.2) is 17.4 Å². The maximum atomic E-state index is 12.0. The van der Waals surface area contributed by atoms with Crippen molar-refractivity contribution in [3.05, 3.63) is 22.8 Å². The molecule has 2 aliphatic carbocycles. The number of carbonyl (C=O) groups excluding carboxylic acids is 1. The number of amides is 1. The zero-order valence-corrected chi connectivity index (χ0v) is 11.5. The molecule has 0 spiro atoms. The Labute approximate surface area is 117 Å². The minimum absolute atomic E-state index is 0.110. The van der Waals surface area contributed by atoms with E-state index in [0.717, 1.165) is 18.4 Å². The Morgan fingerprint density at radius 1 is 1.42 bits per heavy atom. The van der Waals surface area contributed by atoms with E-state index in [0.29, 0.717) is 16.5 Å². The van der Waals surface area contributed by atoms with Gasteiger partial charge in [-0.3, -0.25) is 4.79 Å². The molecule has 0 radical (unpaired) electrons. The highest BCUT2D eigenvalue weighted by Gasteiger charge is 2.41. The third kappa shape index (κ3) is 3.00. The Morgan fingerprint density at radius 2 is 2.05 bits per heavy atom. The largest absolute Gasteiger partial charge is 0.382 e. The molecule has 1 aromatic rings. The smallest absolute Gasteiger partial charge is 0.252 e. The van der Waals surface area contributed by atoms with Gasteiger partial charge in [-0.15, -0.1) is 0 Å². The van der Waals surface area contributed by atoms with Crippen LogP contribution in [0.4, 0.5) is 5.82 Å². The van der Waals surface area contributed by atoms with E-state index in [1.807, 2.05) is 0 Å². The first kappa shape index (κ1) is 12.7. The number of nitrogens with two attached hydrogens (primary N) is 1. The summed E-state index contributed by atoms with van der Waals surface area (Å²) in [6, 6.07) is 1.57. The van der Waals surface area contributed by atoms with Gasteiger partial charge in [-0.1, -0.05) is 11.6 Å². The molecule has 3 N–H and O–H groups in total. The highest BCUT2D eigenvalue weighted by molar-refractivity contribution is 6.33. The number of anilines is 1. The molecule has 5 heteroatoms. The normalized spacial score (nSPS) is 18.6. The highest BCUT2D eigenvalue weighted by Crippen LogP contribution is 2.48. The lowest BCUT2D eigenvalue weighted by Crippen LogP contribution is -2.31. The number of hydrogen-bond acceptors (Lipinski definition) is 3. The Balaban J connectivity index is 1.59. The zero-order valence-electron chi connectivity index (χ0n) is 10.7. The average molecular weight is 280 g/mol. The number of nitrogen functional groups attached to an aromatic ring is 1. The Kier molecular flexibility index (Phi) is 3.35. The molecule has 0 bridgehead atoms. The van der Waals surface area contributed by atoms with Crippen LogP contribution >= 0.6 is 11.6 Å². The summed E-state index contributed by atoms with van der Waals surface area (Å²) in [4.78, 5) is 16.0. The van der Waals surface area contributed by atoms with E-state index in [4.69, 9.17) is 17.3 Å². The van der Waals surface area contributed by atoms with Crippen molar-refractivity contribution in [2.45, 2.75) is 25.7 Å². The SMILES string of the molecule is Nc1ncc(C(=O)NCC(C2CC2)C2CC2)cc1Cl. The second-order valence-electron chi connectivity index (χ2n) is 5.64. The van der Waals surface area contributed by atoms with Crippen molar-refractivity contribution in [2.24, 2.45) is 17.8 Å². The van der Waals surface area contributed by atoms with E-state index in [-0.39, 0.29) is 11.7 Å². The fraction of sp³-hybridized carbons (Fsp3) is 0.571. The molecule has 2 fully saturated rings. The summed E-state index contributed by atoms with van der Waals surface area (Å²) in [7, 11) is 0. The molecule has 4 nitrogen and oxygen atoms in total. The van der Waals surface area contributed by atoms with Crippen molar-refractivity contribution in [1.82, 2.24) is 10.3 Å². The van der Waals surface area contributed by atoms with Crippen molar-refractivity contribution >= 4 is 23.3 Å². The predicted octanol–water partition coefficient (Wildman–Crippen LogP) is 2.48. The third-order valence-corrected chi connectivity index (χ3v) is 4.39. The Hall–Kier alpha value is -1.29. The van der Waals surface area contributed by atoms with E-state index in [1.54, 1.807) is 6.07 Å². The van der Waals surface area contributed by atoms with Crippen LogP contribution in [0.3, 0.4) is 0 Å². The summed E-state index contributed by atoms with van der Waals surface area (Å²) >= 11 is 5.87. The fourth-order valence-corrected chi connectivity index (χ4v) is 2.82. The molecule has 0 unspecified atom stereocenters. The van der Waals surface area contributed by atoms with Crippen LogP contribution in [0.5, 0.6) is 0 Å². The van der Waals surface area contributed by atoms with Gasteiger partial charge in [0.15, 0.2) is 0 Å². The van der Waals surface area contributed by atoms with E-state index in [2.05, 4.69) is 10.3 Å². The van der Waals surface area contributed by atoms with Gasteiger partial charge >= 0.3 is 0 Å². The van der Waals surface area contributed by atoms with Crippen molar-refractivity contribution in [3.8, 4) is 0 Å². The molecule has 3 rings (SSSR count). The van der Waals surface area contributed by atoms with Crippen LogP contribution in [0.1, 0.15) is 36.0 Å². The number of pyridine rings is 1. The number of nitrogens with zero attached hydrogens (tertiary/aromatic N) is 1. The van der Waals surface area contributed by atoms with Gasteiger partial charge in [0.05, 0.1) is 10.6 Å². The number of carbonyl (C=O) groups is 1. The molecule has 2 saturated carbocycles. The molecule has 0 saturated heterocycles. The van der Waals surface area contributed by atoms with E-state index in [1.165, 1.54) is 31.9 Å². The average Bonchev–Trinajstić information content (AvgIpc) is 3.26. The van der Waals surface area contributed by atoms with Crippen LogP contribution in [0.25, 0.3) is 0 Å². The summed E-state index contributed by atoms with van der Waals surface area (Å²) in [5.74, 6) is 2.48. The number of aromatic nitrogens is 1. The van der Waals surface area contributed by atoms with Crippen molar-refractivity contribution in [3.63, 3.8) is 0 Å². The Bertz CT molecular complexity index is 485. The number of rotatable bonds is 5. The van der Waals surface area contributed by atoms with Gasteiger partial charge in [0.2, 0.25) is 0 Å². The van der Waals surface area contributed by atoms with Gasteiger partial charge in [0.25, 0.3) is 5.91 Å². The molecule has 0 aromatic carbocycles. The summed E-state index contributed by atoms with van der Waals surface area (Å²) in [5, 5.41) is 3.34. The second kappa shape index (κ2) is 5.00. The van der Waals surface area contributed by atoms with Crippen molar-refractivity contribution in [2.75, 3.05) is 12.3 Å². The first-order chi connectivity index (χ1) is 9.15. The first-order valence-electron chi connectivity index (χ1n) is 6.84. The van der Waals surface area contributed by atoms with Crippen LogP contribution < -0.4 is 11.1 Å². The second-order valence-corrected chi connectivity index (χ2v) is 6.05. The maximum absolute atomic E-state index is 12.0. The van der Waals surface area contributed by atoms with Gasteiger partial charge in [0.1, 0.15) is 5.82 Å². The van der Waals surface area contributed by atoms with E-state index < -0.39 is 0 Å². The molecule has 19 heavy (non-hydrogen) atoms. The summed E-state index contributed by atoms with van der Waals surface area (Å²) in [5.41, 5.74) is 6.01. The summed E-state index contributed by atoms with van der Waals surface area (Å²) < 4.78 is 0. The fourth-order valence-electron chi connectivity index (χ4n) is 2.65. The zero-order chi connectivity index (χ0) is 13.4. The van der Waals surface area contributed by atoms with Crippen LogP contribution in [-0.2, 0) is 0 Å². The molecular formula is C14H18ClN3O. The van der Waals surface area contributed by atoms with Crippen molar-refractivity contribution < 1.29 is 4.79 Å². The lowest BCUT2D eigenvalue weighted by atomic mass is 9.98. The quantitative estimate of drug-likeness (QED) is 0.870. The van der Waals surface area contributed by atoms with Gasteiger partial charge in [-0.05, 0) is 49.5 Å². The topological polar surface area (TPSA) is 68.0 Å². The number of hydrogen-bond donors (Lipinski definition) is 2. The van der Waals surface area contributed by atoms with Crippen molar-refractivity contribution in [1.29, 1.82) is 0 Å². The van der Waals surface area contributed by atoms with E-state index in [9.17, 15) is 4.79 Å². The first-order valence-corrected chi connectivity index (χ1v) is 7.22. The van der Waals surface area contributed by atoms with Gasteiger partial charge < -0.3 is 11.1 Å². The molecule has 2 aliphatic rings. The molecule has 0 atom stereocenters. The van der Waals surface area contributed by atoms with Gasteiger partial charge in [-0.25, -0.2) is 4.98 Å². The minimum atomic E-state index is -0.110. The van der Waals surface area contributed by atoms with Gasteiger partial charge in [0, 0.05) is 12.7 Å². The van der Waals surface area contributed by atoms with Crippen LogP contribution in [0.15, 0.2) is 12.3 Å². The summed E-state index contributed by atoms with van der Waals surface area (Å²) in [6.45, 7) is 0.774. The minimum Gasteiger partial charge on any atom is -0.382 e. The van der Waals surface area contributed by atoms with E-state index >= 15 is 0 Å².